The summed E-state index contributed by atoms with van der Waals surface area (Å²) < 4.78 is 7.46. The van der Waals surface area contributed by atoms with Gasteiger partial charge in [-0.05, 0) is 31.5 Å². The number of hydrogen-bond donors (Lipinski definition) is 1. The number of ether oxygens (including phenoxy) is 1. The van der Waals surface area contributed by atoms with Crippen LogP contribution in [0, 0.1) is 28.4 Å². The van der Waals surface area contributed by atoms with E-state index in [0.717, 1.165) is 5.69 Å². The van der Waals surface area contributed by atoms with Crippen molar-refractivity contribution < 1.29 is 9.66 Å². The Balaban J connectivity index is 2.03. The molecular formula is C21H17N5O3. The number of aryl methyl sites for hydroxylation is 1. The number of nitro groups is 1. The summed E-state index contributed by atoms with van der Waals surface area (Å²) in [5.74, 6) is 0.338. The normalized spacial score (nSPS) is 18.0. The summed E-state index contributed by atoms with van der Waals surface area (Å²) >= 11 is 0. The SMILES string of the molecule is Cc1nn(-c2ccccc2)c2c1C(C)(c1cccc([N+](=O)[O-])c1)C(C#N)=C(N)O2. The van der Waals surface area contributed by atoms with Crippen LogP contribution >= 0.6 is 0 Å². The van der Waals surface area contributed by atoms with E-state index < -0.39 is 10.3 Å². The summed E-state index contributed by atoms with van der Waals surface area (Å²) in [7, 11) is 0. The molecule has 2 heterocycles. The number of hydrogen-bond acceptors (Lipinski definition) is 6. The van der Waals surface area contributed by atoms with Gasteiger partial charge in [-0.1, -0.05) is 30.3 Å². The van der Waals surface area contributed by atoms with Gasteiger partial charge >= 0.3 is 0 Å². The van der Waals surface area contributed by atoms with Gasteiger partial charge in [0.15, 0.2) is 0 Å². The van der Waals surface area contributed by atoms with Gasteiger partial charge in [0, 0.05) is 12.1 Å². The van der Waals surface area contributed by atoms with E-state index >= 15 is 0 Å². The molecule has 8 nitrogen and oxygen atoms in total. The van der Waals surface area contributed by atoms with Crippen LogP contribution in [0.1, 0.15) is 23.7 Å². The van der Waals surface area contributed by atoms with Crippen LogP contribution in [0.5, 0.6) is 5.88 Å². The first-order chi connectivity index (χ1) is 13.9. The molecule has 29 heavy (non-hydrogen) atoms. The van der Waals surface area contributed by atoms with Crippen LogP contribution in [0.2, 0.25) is 0 Å². The maximum atomic E-state index is 11.3. The van der Waals surface area contributed by atoms with Crippen molar-refractivity contribution in [1.82, 2.24) is 9.78 Å². The van der Waals surface area contributed by atoms with E-state index in [9.17, 15) is 15.4 Å². The Kier molecular flexibility index (Phi) is 4.09. The molecule has 2 N–H and O–H groups in total. The number of rotatable bonds is 3. The van der Waals surface area contributed by atoms with Gasteiger partial charge in [-0.3, -0.25) is 10.1 Å². The zero-order valence-electron chi connectivity index (χ0n) is 15.8. The Bertz CT molecular complexity index is 1210. The third kappa shape index (κ3) is 2.63. The quantitative estimate of drug-likeness (QED) is 0.543. The van der Waals surface area contributed by atoms with Gasteiger partial charge in [0.25, 0.3) is 5.69 Å². The van der Waals surface area contributed by atoms with Gasteiger partial charge < -0.3 is 10.5 Å². The lowest BCUT2D eigenvalue weighted by atomic mass is 9.70. The van der Waals surface area contributed by atoms with E-state index in [4.69, 9.17) is 10.5 Å². The summed E-state index contributed by atoms with van der Waals surface area (Å²) in [4.78, 5) is 10.9. The highest BCUT2D eigenvalue weighted by atomic mass is 16.6. The minimum absolute atomic E-state index is 0.0499. The highest BCUT2D eigenvalue weighted by Crippen LogP contribution is 2.49. The fourth-order valence-corrected chi connectivity index (χ4v) is 3.83. The van der Waals surface area contributed by atoms with Crippen molar-refractivity contribution in [3.63, 3.8) is 0 Å². The van der Waals surface area contributed by atoms with Crippen LogP contribution in [-0.4, -0.2) is 14.7 Å². The van der Waals surface area contributed by atoms with Crippen LogP contribution in [0.3, 0.4) is 0 Å². The Labute approximate surface area is 166 Å². The average Bonchev–Trinajstić information content (AvgIpc) is 3.05. The van der Waals surface area contributed by atoms with Crippen molar-refractivity contribution in [1.29, 1.82) is 5.26 Å². The highest BCUT2D eigenvalue weighted by Gasteiger charge is 2.46. The van der Waals surface area contributed by atoms with Gasteiger partial charge in [0.05, 0.1) is 27.3 Å². The second-order valence-electron chi connectivity index (χ2n) is 6.90. The van der Waals surface area contributed by atoms with Crippen molar-refractivity contribution in [3.8, 4) is 17.6 Å². The lowest BCUT2D eigenvalue weighted by molar-refractivity contribution is -0.384. The number of aromatic nitrogens is 2. The first kappa shape index (κ1) is 18.3. The maximum absolute atomic E-state index is 11.3. The molecule has 0 aliphatic carbocycles. The molecule has 1 aliphatic heterocycles. The Hall–Kier alpha value is -4.12. The van der Waals surface area contributed by atoms with E-state index in [1.54, 1.807) is 16.8 Å². The number of benzene rings is 2. The first-order valence-corrected chi connectivity index (χ1v) is 8.86. The van der Waals surface area contributed by atoms with Gasteiger partial charge in [-0.15, -0.1) is 0 Å². The molecule has 1 unspecified atom stereocenters. The number of non-ortho nitro benzene ring substituents is 1. The van der Waals surface area contributed by atoms with E-state index in [1.165, 1.54) is 12.1 Å². The molecule has 4 rings (SSSR count). The summed E-state index contributed by atoms with van der Waals surface area (Å²) in [6.45, 7) is 3.62. The highest BCUT2D eigenvalue weighted by molar-refractivity contribution is 5.62. The first-order valence-electron chi connectivity index (χ1n) is 8.86. The van der Waals surface area contributed by atoms with Crippen LogP contribution in [0.25, 0.3) is 5.69 Å². The molecule has 0 fully saturated rings. The van der Waals surface area contributed by atoms with Crippen molar-refractivity contribution in [2.75, 3.05) is 0 Å². The van der Waals surface area contributed by atoms with Gasteiger partial charge in [0.2, 0.25) is 11.8 Å². The third-order valence-corrected chi connectivity index (χ3v) is 5.22. The Morgan fingerprint density at radius 2 is 1.97 bits per heavy atom. The molecule has 1 atom stereocenters. The number of nitrogens with two attached hydrogens (primary N) is 1. The molecule has 1 aliphatic rings. The molecule has 0 bridgehead atoms. The summed E-state index contributed by atoms with van der Waals surface area (Å²) in [6, 6.07) is 17.7. The van der Waals surface area contributed by atoms with Gasteiger partial charge in [-0.25, -0.2) is 4.68 Å². The molecule has 0 saturated carbocycles. The molecule has 144 valence electrons. The fourth-order valence-electron chi connectivity index (χ4n) is 3.83. The average molecular weight is 387 g/mol. The third-order valence-electron chi connectivity index (χ3n) is 5.22. The number of nitro benzene ring substituents is 1. The molecule has 0 amide bonds. The van der Waals surface area contributed by atoms with Crippen LogP contribution < -0.4 is 10.5 Å². The van der Waals surface area contributed by atoms with Crippen molar-refractivity contribution >= 4 is 5.69 Å². The molecule has 1 aromatic heterocycles. The van der Waals surface area contributed by atoms with Crippen molar-refractivity contribution in [2.45, 2.75) is 19.3 Å². The predicted octanol–water partition coefficient (Wildman–Crippen LogP) is 3.48. The molecule has 3 aromatic rings. The second kappa shape index (κ2) is 6.49. The summed E-state index contributed by atoms with van der Waals surface area (Å²) in [5.41, 5.74) is 7.80. The monoisotopic (exact) mass is 387 g/mol. The molecule has 0 spiro atoms. The molecule has 8 heteroatoms. The largest absolute Gasteiger partial charge is 0.422 e. The smallest absolute Gasteiger partial charge is 0.269 e. The van der Waals surface area contributed by atoms with Gasteiger partial charge in [0.1, 0.15) is 11.6 Å². The zero-order chi connectivity index (χ0) is 20.8. The van der Waals surface area contributed by atoms with E-state index in [1.807, 2.05) is 44.2 Å². The van der Waals surface area contributed by atoms with Crippen LogP contribution in [0.4, 0.5) is 5.69 Å². The topological polar surface area (TPSA) is 120 Å². The number of nitrogens with zero attached hydrogens (tertiary/aromatic N) is 4. The lowest BCUT2D eigenvalue weighted by Crippen LogP contribution is -2.34. The summed E-state index contributed by atoms with van der Waals surface area (Å²) in [5, 5.41) is 25.8. The molecular weight excluding hydrogens is 370 g/mol. The molecule has 0 radical (unpaired) electrons. The van der Waals surface area contributed by atoms with E-state index in [0.29, 0.717) is 22.7 Å². The Morgan fingerprint density at radius 3 is 2.62 bits per heavy atom. The van der Waals surface area contributed by atoms with E-state index in [-0.39, 0.29) is 17.1 Å². The number of fused-ring (bicyclic) bond motifs is 1. The van der Waals surface area contributed by atoms with Gasteiger partial charge in [-0.2, -0.15) is 10.4 Å². The summed E-state index contributed by atoms with van der Waals surface area (Å²) in [6.07, 6.45) is 0. The van der Waals surface area contributed by atoms with Crippen LogP contribution in [0.15, 0.2) is 66.1 Å². The minimum Gasteiger partial charge on any atom is -0.422 e. The predicted molar refractivity (Wildman–Crippen MR) is 105 cm³/mol. The fraction of sp³-hybridized carbons (Fsp3) is 0.143. The second-order valence-corrected chi connectivity index (χ2v) is 6.90. The lowest BCUT2D eigenvalue weighted by Gasteiger charge is -2.34. The number of para-hydroxylation sites is 1. The van der Waals surface area contributed by atoms with Crippen LogP contribution in [-0.2, 0) is 5.41 Å². The minimum atomic E-state index is -1.06. The maximum Gasteiger partial charge on any atom is 0.269 e. The van der Waals surface area contributed by atoms with Crippen molar-refractivity contribution in [2.24, 2.45) is 5.73 Å². The molecule has 0 saturated heterocycles. The zero-order valence-corrected chi connectivity index (χ0v) is 15.8. The number of allylic oxidation sites excluding steroid dienone is 1. The van der Waals surface area contributed by atoms with E-state index in [2.05, 4.69) is 11.2 Å². The number of nitriles is 1. The van der Waals surface area contributed by atoms with Crippen molar-refractivity contribution in [3.05, 3.63) is 93.0 Å². The molecule has 2 aromatic carbocycles. The standard InChI is InChI=1S/C21H17N5O3/c1-13-18-20(25(24-13)15-8-4-3-5-9-15)29-19(23)17(12-22)21(18,2)14-7-6-10-16(11-14)26(27)28/h3-11H,23H2,1-2H3. The Morgan fingerprint density at radius 1 is 1.24 bits per heavy atom.